The standard InChI is InChI=1S/C7H12N2O2/c1-4-6(7(10)11)9(5-2)8-3/h4H,3,5H2,1-2H3,(H,10,11)/b6-4-. The van der Waals surface area contributed by atoms with E-state index in [2.05, 4.69) is 11.8 Å². The number of aliphatic carboxylic acids is 1. The summed E-state index contributed by atoms with van der Waals surface area (Å²) in [5.41, 5.74) is 0.155. The van der Waals surface area contributed by atoms with Crippen LogP contribution in [0.1, 0.15) is 13.8 Å². The van der Waals surface area contributed by atoms with Crippen LogP contribution in [0.5, 0.6) is 0 Å². The monoisotopic (exact) mass is 156 g/mol. The Bertz CT molecular complexity index is 187. The SMILES string of the molecule is C=NN(CC)/C(=C\C)C(=O)O. The molecule has 0 saturated carbocycles. The summed E-state index contributed by atoms with van der Waals surface area (Å²) < 4.78 is 0. The molecule has 0 bridgehead atoms. The van der Waals surface area contributed by atoms with E-state index in [1.807, 2.05) is 0 Å². The molecule has 0 atom stereocenters. The third-order valence-corrected chi connectivity index (χ3v) is 1.24. The lowest BCUT2D eigenvalue weighted by molar-refractivity contribution is -0.134. The number of hydrogen-bond donors (Lipinski definition) is 1. The Labute approximate surface area is 65.8 Å². The van der Waals surface area contributed by atoms with Crippen molar-refractivity contribution in [3.05, 3.63) is 11.8 Å². The number of hydrazone groups is 1. The van der Waals surface area contributed by atoms with Crippen molar-refractivity contribution in [1.29, 1.82) is 0 Å². The van der Waals surface area contributed by atoms with Crippen molar-refractivity contribution in [2.45, 2.75) is 13.8 Å². The van der Waals surface area contributed by atoms with Crippen molar-refractivity contribution >= 4 is 12.7 Å². The Hall–Kier alpha value is -1.32. The molecule has 11 heavy (non-hydrogen) atoms. The Balaban J connectivity index is 4.48. The normalized spacial score (nSPS) is 10.9. The smallest absolute Gasteiger partial charge is 0.353 e. The maximum Gasteiger partial charge on any atom is 0.353 e. The third kappa shape index (κ3) is 2.41. The van der Waals surface area contributed by atoms with Gasteiger partial charge in [-0.2, -0.15) is 5.10 Å². The van der Waals surface area contributed by atoms with E-state index in [9.17, 15) is 4.79 Å². The lowest BCUT2D eigenvalue weighted by atomic mass is 10.4. The number of carboxylic acid groups (broad SMARTS) is 1. The summed E-state index contributed by atoms with van der Waals surface area (Å²) in [6.07, 6.45) is 1.49. The molecule has 0 fully saturated rings. The summed E-state index contributed by atoms with van der Waals surface area (Å²) in [5, 5.41) is 13.5. The first-order valence-corrected chi connectivity index (χ1v) is 3.31. The number of allylic oxidation sites excluding steroid dienone is 1. The van der Waals surface area contributed by atoms with E-state index in [0.29, 0.717) is 6.54 Å². The van der Waals surface area contributed by atoms with Crippen LogP contribution in [-0.2, 0) is 4.79 Å². The minimum absolute atomic E-state index is 0.155. The zero-order chi connectivity index (χ0) is 8.85. The molecular weight excluding hydrogens is 144 g/mol. The molecule has 0 aliphatic carbocycles. The van der Waals surface area contributed by atoms with Crippen LogP contribution in [0.25, 0.3) is 0 Å². The second-order valence-electron chi connectivity index (χ2n) is 1.84. The second kappa shape index (κ2) is 4.49. The molecule has 0 heterocycles. The number of nitrogens with zero attached hydrogens (tertiary/aromatic N) is 2. The molecule has 0 saturated heterocycles. The van der Waals surface area contributed by atoms with Gasteiger partial charge in [0.25, 0.3) is 0 Å². The van der Waals surface area contributed by atoms with Crippen LogP contribution < -0.4 is 0 Å². The van der Waals surface area contributed by atoms with Gasteiger partial charge in [-0.05, 0) is 13.8 Å². The van der Waals surface area contributed by atoms with Gasteiger partial charge in [0, 0.05) is 13.3 Å². The van der Waals surface area contributed by atoms with E-state index in [-0.39, 0.29) is 5.70 Å². The maximum atomic E-state index is 10.5. The Morgan fingerprint density at radius 3 is 2.45 bits per heavy atom. The van der Waals surface area contributed by atoms with Crippen molar-refractivity contribution < 1.29 is 9.90 Å². The molecule has 0 aromatic rings. The van der Waals surface area contributed by atoms with Gasteiger partial charge >= 0.3 is 5.97 Å². The van der Waals surface area contributed by atoms with E-state index in [1.165, 1.54) is 11.1 Å². The minimum Gasteiger partial charge on any atom is -0.477 e. The van der Waals surface area contributed by atoms with E-state index in [4.69, 9.17) is 5.11 Å². The zero-order valence-corrected chi connectivity index (χ0v) is 6.74. The molecule has 4 nitrogen and oxygen atoms in total. The van der Waals surface area contributed by atoms with Crippen LogP contribution in [0.4, 0.5) is 0 Å². The lowest BCUT2D eigenvalue weighted by Gasteiger charge is -2.15. The topological polar surface area (TPSA) is 52.9 Å². The molecule has 0 amide bonds. The van der Waals surface area contributed by atoms with Crippen molar-refractivity contribution in [2.24, 2.45) is 5.10 Å². The summed E-state index contributed by atoms with van der Waals surface area (Å²) in [5.74, 6) is -0.984. The van der Waals surface area contributed by atoms with Gasteiger partial charge < -0.3 is 5.11 Å². The van der Waals surface area contributed by atoms with Crippen molar-refractivity contribution in [2.75, 3.05) is 6.54 Å². The lowest BCUT2D eigenvalue weighted by Crippen LogP contribution is -2.21. The first kappa shape index (κ1) is 9.68. The molecule has 0 aromatic heterocycles. The van der Waals surface area contributed by atoms with Gasteiger partial charge in [0.15, 0.2) is 0 Å². The van der Waals surface area contributed by atoms with Crippen molar-refractivity contribution in [3.8, 4) is 0 Å². The third-order valence-electron chi connectivity index (χ3n) is 1.24. The van der Waals surface area contributed by atoms with Crippen LogP contribution in [0.2, 0.25) is 0 Å². The highest BCUT2D eigenvalue weighted by Crippen LogP contribution is 2.03. The number of hydrogen-bond acceptors (Lipinski definition) is 3. The van der Waals surface area contributed by atoms with E-state index in [0.717, 1.165) is 0 Å². The van der Waals surface area contributed by atoms with Crippen molar-refractivity contribution in [3.63, 3.8) is 0 Å². The number of likely N-dealkylation sites (N-methyl/N-ethyl adjacent to an activating group) is 1. The van der Waals surface area contributed by atoms with Crippen molar-refractivity contribution in [1.82, 2.24) is 5.01 Å². The minimum atomic E-state index is -0.984. The number of carboxylic acids is 1. The van der Waals surface area contributed by atoms with Crippen LogP contribution in [0, 0.1) is 0 Å². The molecule has 0 unspecified atom stereocenters. The predicted molar refractivity (Wildman–Crippen MR) is 43.3 cm³/mol. The van der Waals surface area contributed by atoms with Crippen LogP contribution in [0.15, 0.2) is 16.9 Å². The van der Waals surface area contributed by atoms with Crippen LogP contribution in [-0.4, -0.2) is 29.3 Å². The molecule has 0 aliphatic heterocycles. The summed E-state index contributed by atoms with van der Waals surface area (Å²) in [6, 6.07) is 0. The first-order chi connectivity index (χ1) is 5.17. The van der Waals surface area contributed by atoms with E-state index in [1.54, 1.807) is 13.8 Å². The Morgan fingerprint density at radius 2 is 2.36 bits per heavy atom. The molecule has 62 valence electrons. The van der Waals surface area contributed by atoms with Gasteiger partial charge in [-0.25, -0.2) is 4.79 Å². The highest BCUT2D eigenvalue weighted by molar-refractivity contribution is 5.85. The maximum absolute atomic E-state index is 10.5. The average molecular weight is 156 g/mol. The number of rotatable bonds is 4. The highest BCUT2D eigenvalue weighted by Gasteiger charge is 2.11. The fourth-order valence-electron chi connectivity index (χ4n) is 0.729. The molecule has 0 radical (unpaired) electrons. The molecular formula is C7H12N2O2. The molecule has 4 heteroatoms. The molecule has 1 N–H and O–H groups in total. The molecule has 0 rings (SSSR count). The molecule has 0 aromatic carbocycles. The van der Waals surface area contributed by atoms with Crippen LogP contribution in [0.3, 0.4) is 0 Å². The van der Waals surface area contributed by atoms with Gasteiger partial charge in [-0.1, -0.05) is 6.08 Å². The predicted octanol–water partition coefficient (Wildman–Crippen LogP) is 0.912. The summed E-state index contributed by atoms with van der Waals surface area (Å²) in [4.78, 5) is 10.5. The fraction of sp³-hybridized carbons (Fsp3) is 0.429. The van der Waals surface area contributed by atoms with E-state index >= 15 is 0 Å². The first-order valence-electron chi connectivity index (χ1n) is 3.31. The molecule has 0 aliphatic rings. The van der Waals surface area contributed by atoms with Gasteiger partial charge in [-0.15, -0.1) is 0 Å². The summed E-state index contributed by atoms with van der Waals surface area (Å²) in [6.45, 7) is 7.22. The quantitative estimate of drug-likeness (QED) is 0.374. The second-order valence-corrected chi connectivity index (χ2v) is 1.84. The fourth-order valence-corrected chi connectivity index (χ4v) is 0.729. The summed E-state index contributed by atoms with van der Waals surface area (Å²) in [7, 11) is 0. The highest BCUT2D eigenvalue weighted by atomic mass is 16.4. The average Bonchev–Trinajstić information content (AvgIpc) is 1.99. The summed E-state index contributed by atoms with van der Waals surface area (Å²) >= 11 is 0. The van der Waals surface area contributed by atoms with Gasteiger partial charge in [-0.3, -0.25) is 5.01 Å². The van der Waals surface area contributed by atoms with Crippen LogP contribution >= 0.6 is 0 Å². The Morgan fingerprint density at radius 1 is 1.82 bits per heavy atom. The van der Waals surface area contributed by atoms with Gasteiger partial charge in [0.05, 0.1) is 0 Å². The zero-order valence-electron chi connectivity index (χ0n) is 6.74. The van der Waals surface area contributed by atoms with E-state index < -0.39 is 5.97 Å². The molecule has 0 spiro atoms. The largest absolute Gasteiger partial charge is 0.477 e. The van der Waals surface area contributed by atoms with Gasteiger partial charge in [0.2, 0.25) is 0 Å². The Kier molecular flexibility index (Phi) is 3.95. The number of carbonyl (C=O) groups is 1. The van der Waals surface area contributed by atoms with Gasteiger partial charge in [0.1, 0.15) is 5.70 Å².